The Bertz CT molecular complexity index is 219. The molecule has 0 heterocycles. The number of hydrogen-bond donors (Lipinski definition) is 1. The molecule has 0 radical (unpaired) electrons. The van der Waals surface area contributed by atoms with E-state index in [2.05, 4.69) is 0 Å². The third kappa shape index (κ3) is 8.97. The molecule has 0 spiro atoms. The number of alkyl halides is 3. The van der Waals surface area contributed by atoms with Crippen LogP contribution in [0.25, 0.3) is 0 Å². The second-order valence-corrected chi connectivity index (χ2v) is 4.03. The number of nitrogens with two attached hydrogens (primary N) is 1. The maximum absolute atomic E-state index is 12.2. The molecule has 3 nitrogen and oxygen atoms in total. The molecule has 0 bridgehead atoms. The van der Waals surface area contributed by atoms with Gasteiger partial charge in [-0.3, -0.25) is 4.79 Å². The second kappa shape index (κ2) is 8.33. The summed E-state index contributed by atoms with van der Waals surface area (Å²) in [5.74, 6) is -0.455. The predicted octanol–water partition coefficient (Wildman–Crippen LogP) is 2.31. The fourth-order valence-corrected chi connectivity index (χ4v) is 1.53. The fraction of sp³-hybridized carbons (Fsp3) is 0.909. The summed E-state index contributed by atoms with van der Waals surface area (Å²) >= 11 is 0. The predicted molar refractivity (Wildman–Crippen MR) is 60.4 cm³/mol. The second-order valence-electron chi connectivity index (χ2n) is 4.03. The third-order valence-electron chi connectivity index (χ3n) is 2.37. The van der Waals surface area contributed by atoms with Crippen molar-refractivity contribution >= 4 is 5.91 Å². The summed E-state index contributed by atoms with van der Waals surface area (Å²) in [5.41, 5.74) is 5.20. The zero-order valence-corrected chi connectivity index (χ0v) is 10.2. The molecule has 102 valence electrons. The van der Waals surface area contributed by atoms with E-state index in [4.69, 9.17) is 5.73 Å². The summed E-state index contributed by atoms with van der Waals surface area (Å²) in [6.45, 7) is 0.853. The largest absolute Gasteiger partial charge is 0.406 e. The van der Waals surface area contributed by atoms with Crippen LogP contribution in [-0.4, -0.2) is 36.6 Å². The van der Waals surface area contributed by atoms with Crippen LogP contribution < -0.4 is 5.73 Å². The highest BCUT2D eigenvalue weighted by Crippen LogP contribution is 2.17. The number of rotatable bonds is 8. The van der Waals surface area contributed by atoms with Crippen molar-refractivity contribution < 1.29 is 18.0 Å². The lowest BCUT2D eigenvalue weighted by atomic mass is 10.1. The monoisotopic (exact) mass is 254 g/mol. The Morgan fingerprint density at radius 2 is 1.88 bits per heavy atom. The van der Waals surface area contributed by atoms with Crippen LogP contribution >= 0.6 is 0 Å². The average Bonchev–Trinajstić information content (AvgIpc) is 2.21. The highest BCUT2D eigenvalue weighted by molar-refractivity contribution is 5.76. The van der Waals surface area contributed by atoms with Crippen LogP contribution in [0.3, 0.4) is 0 Å². The van der Waals surface area contributed by atoms with Crippen LogP contribution in [0.15, 0.2) is 0 Å². The first-order valence-electron chi connectivity index (χ1n) is 5.95. The van der Waals surface area contributed by atoms with Gasteiger partial charge in [-0.1, -0.05) is 26.2 Å². The maximum atomic E-state index is 12.2. The van der Waals surface area contributed by atoms with E-state index in [0.29, 0.717) is 6.42 Å². The van der Waals surface area contributed by atoms with E-state index >= 15 is 0 Å². The SMILES string of the molecule is CCCCCCC(=O)N(CCN)CC(F)(F)F. The lowest BCUT2D eigenvalue weighted by molar-refractivity contribution is -0.161. The Kier molecular flexibility index (Phi) is 7.95. The van der Waals surface area contributed by atoms with Gasteiger partial charge < -0.3 is 10.6 Å². The van der Waals surface area contributed by atoms with E-state index < -0.39 is 18.6 Å². The summed E-state index contributed by atoms with van der Waals surface area (Å²) in [6.07, 6.45) is -0.618. The number of nitrogens with zero attached hydrogens (tertiary/aromatic N) is 1. The fourth-order valence-electron chi connectivity index (χ4n) is 1.53. The minimum Gasteiger partial charge on any atom is -0.332 e. The molecule has 0 aliphatic rings. The Morgan fingerprint density at radius 1 is 1.24 bits per heavy atom. The first-order valence-corrected chi connectivity index (χ1v) is 5.95. The van der Waals surface area contributed by atoms with Gasteiger partial charge in [0, 0.05) is 19.5 Å². The van der Waals surface area contributed by atoms with Crippen molar-refractivity contribution in [1.82, 2.24) is 4.90 Å². The summed E-state index contributed by atoms with van der Waals surface area (Å²) < 4.78 is 36.6. The minimum absolute atomic E-state index is 0.0356. The van der Waals surface area contributed by atoms with Gasteiger partial charge in [0.1, 0.15) is 6.54 Å². The Balaban J connectivity index is 4.06. The summed E-state index contributed by atoms with van der Waals surface area (Å²) in [7, 11) is 0. The molecule has 6 heteroatoms. The van der Waals surface area contributed by atoms with Crippen molar-refractivity contribution in [3.05, 3.63) is 0 Å². The van der Waals surface area contributed by atoms with Gasteiger partial charge in [0.05, 0.1) is 0 Å². The smallest absolute Gasteiger partial charge is 0.332 e. The number of carbonyl (C=O) groups is 1. The molecule has 17 heavy (non-hydrogen) atoms. The number of hydrogen-bond acceptors (Lipinski definition) is 2. The van der Waals surface area contributed by atoms with E-state index in [1.807, 2.05) is 6.92 Å². The highest BCUT2D eigenvalue weighted by atomic mass is 19.4. The van der Waals surface area contributed by atoms with Crippen molar-refractivity contribution in [2.24, 2.45) is 5.73 Å². The van der Waals surface area contributed by atoms with Gasteiger partial charge in [-0.15, -0.1) is 0 Å². The van der Waals surface area contributed by atoms with E-state index in [1.165, 1.54) is 0 Å². The quantitative estimate of drug-likeness (QED) is 0.676. The molecule has 0 aliphatic carbocycles. The van der Waals surface area contributed by atoms with Crippen LogP contribution in [-0.2, 0) is 4.79 Å². The first kappa shape index (κ1) is 16.2. The molecule has 0 fully saturated rings. The summed E-state index contributed by atoms with van der Waals surface area (Å²) in [6, 6.07) is 0. The van der Waals surface area contributed by atoms with E-state index in [1.54, 1.807) is 0 Å². The molecule has 1 amide bonds. The van der Waals surface area contributed by atoms with Crippen molar-refractivity contribution in [2.45, 2.75) is 45.2 Å². The topological polar surface area (TPSA) is 46.3 Å². The van der Waals surface area contributed by atoms with Crippen molar-refractivity contribution in [2.75, 3.05) is 19.6 Å². The summed E-state index contributed by atoms with van der Waals surface area (Å²) in [5, 5.41) is 0. The molecule has 0 aliphatic heterocycles. The van der Waals surface area contributed by atoms with Crippen molar-refractivity contribution in [3.8, 4) is 0 Å². The van der Waals surface area contributed by atoms with E-state index in [0.717, 1.165) is 24.2 Å². The minimum atomic E-state index is -4.35. The van der Waals surface area contributed by atoms with Crippen LogP contribution in [0.5, 0.6) is 0 Å². The van der Waals surface area contributed by atoms with Gasteiger partial charge in [-0.25, -0.2) is 0 Å². The Morgan fingerprint density at radius 3 is 2.35 bits per heavy atom. The lowest BCUT2D eigenvalue weighted by Crippen LogP contribution is -2.41. The van der Waals surface area contributed by atoms with E-state index in [9.17, 15) is 18.0 Å². The van der Waals surface area contributed by atoms with Crippen LogP contribution in [0, 0.1) is 0 Å². The number of unbranched alkanes of at least 4 members (excludes halogenated alkanes) is 3. The van der Waals surface area contributed by atoms with E-state index in [-0.39, 0.29) is 19.5 Å². The molecule has 0 saturated heterocycles. The maximum Gasteiger partial charge on any atom is 0.406 e. The molecule has 0 atom stereocenters. The van der Waals surface area contributed by atoms with Crippen molar-refractivity contribution in [3.63, 3.8) is 0 Å². The molecular formula is C11H21F3N2O. The molecule has 0 rings (SSSR count). The highest BCUT2D eigenvalue weighted by Gasteiger charge is 2.32. The molecule has 0 aromatic heterocycles. The number of carbonyl (C=O) groups excluding carboxylic acids is 1. The zero-order chi connectivity index (χ0) is 13.3. The molecule has 0 aromatic rings. The Hall–Kier alpha value is -0.780. The van der Waals surface area contributed by atoms with Gasteiger partial charge in [-0.2, -0.15) is 13.2 Å². The molecular weight excluding hydrogens is 233 g/mol. The van der Waals surface area contributed by atoms with Crippen LogP contribution in [0.2, 0.25) is 0 Å². The number of amides is 1. The molecule has 2 N–H and O–H groups in total. The molecule has 0 aromatic carbocycles. The standard InChI is InChI=1S/C11H21F3N2O/c1-2-3-4-5-6-10(17)16(8-7-15)9-11(12,13)14/h2-9,15H2,1H3. The third-order valence-corrected chi connectivity index (χ3v) is 2.37. The van der Waals surface area contributed by atoms with Gasteiger partial charge in [-0.05, 0) is 6.42 Å². The first-order chi connectivity index (χ1) is 7.90. The molecule has 0 saturated carbocycles. The average molecular weight is 254 g/mol. The van der Waals surface area contributed by atoms with Crippen LogP contribution in [0.1, 0.15) is 39.0 Å². The summed E-state index contributed by atoms with van der Waals surface area (Å²) in [4.78, 5) is 12.3. The lowest BCUT2D eigenvalue weighted by Gasteiger charge is -2.23. The van der Waals surface area contributed by atoms with Gasteiger partial charge in [0.15, 0.2) is 0 Å². The van der Waals surface area contributed by atoms with Gasteiger partial charge in [0.2, 0.25) is 5.91 Å². The normalized spacial score (nSPS) is 11.6. The Labute approximate surface area is 100 Å². The van der Waals surface area contributed by atoms with Gasteiger partial charge >= 0.3 is 6.18 Å². The zero-order valence-electron chi connectivity index (χ0n) is 10.2. The number of halogens is 3. The van der Waals surface area contributed by atoms with Crippen molar-refractivity contribution in [1.29, 1.82) is 0 Å². The van der Waals surface area contributed by atoms with Crippen LogP contribution in [0.4, 0.5) is 13.2 Å². The van der Waals surface area contributed by atoms with Gasteiger partial charge in [0.25, 0.3) is 0 Å². The molecule has 0 unspecified atom stereocenters.